The average molecular weight is 295 g/mol. The summed E-state index contributed by atoms with van der Waals surface area (Å²) in [5.74, 6) is 0.103. The Bertz CT molecular complexity index is 643. The lowest BCUT2D eigenvalue weighted by Gasteiger charge is -2.15. The predicted molar refractivity (Wildman–Crippen MR) is 92.0 cm³/mol. The Morgan fingerprint density at radius 2 is 1.68 bits per heavy atom. The number of hydrogen-bond acceptors (Lipinski definition) is 1. The zero-order valence-corrected chi connectivity index (χ0v) is 13.9. The summed E-state index contributed by atoms with van der Waals surface area (Å²) in [7, 11) is 0. The smallest absolute Gasteiger partial charge is 0.220 e. The highest BCUT2D eigenvalue weighted by Crippen LogP contribution is 2.14. The third kappa shape index (κ3) is 4.45. The molecular weight excluding hydrogens is 270 g/mol. The molecule has 0 aliphatic rings. The van der Waals surface area contributed by atoms with Crippen molar-refractivity contribution in [2.45, 2.75) is 46.6 Å². The molecule has 0 aliphatic heterocycles. The van der Waals surface area contributed by atoms with Gasteiger partial charge in [-0.1, -0.05) is 48.0 Å². The Balaban J connectivity index is 1.87. The van der Waals surface area contributed by atoms with Gasteiger partial charge in [-0.25, -0.2) is 0 Å². The summed E-state index contributed by atoms with van der Waals surface area (Å²) in [6.07, 6.45) is 1.31. The molecule has 0 unspecified atom stereocenters. The van der Waals surface area contributed by atoms with Gasteiger partial charge in [-0.2, -0.15) is 0 Å². The molecule has 2 aromatic rings. The number of nitrogens with one attached hydrogen (secondary N) is 1. The second-order valence-electron chi connectivity index (χ2n) is 6.12. The van der Waals surface area contributed by atoms with Gasteiger partial charge in [0, 0.05) is 6.42 Å². The monoisotopic (exact) mass is 295 g/mol. The minimum atomic E-state index is 0.0489. The van der Waals surface area contributed by atoms with Gasteiger partial charge in [-0.15, -0.1) is 0 Å². The molecule has 0 heterocycles. The van der Waals surface area contributed by atoms with Crippen LogP contribution in [0.5, 0.6) is 0 Å². The van der Waals surface area contributed by atoms with E-state index in [0.717, 1.165) is 12.0 Å². The predicted octanol–water partition coefficient (Wildman–Crippen LogP) is 4.42. The van der Waals surface area contributed by atoms with Gasteiger partial charge in [0.25, 0.3) is 0 Å². The maximum Gasteiger partial charge on any atom is 0.220 e. The summed E-state index contributed by atoms with van der Waals surface area (Å²) >= 11 is 0. The first-order valence-electron chi connectivity index (χ1n) is 7.88. The summed E-state index contributed by atoms with van der Waals surface area (Å²) < 4.78 is 0. The maximum absolute atomic E-state index is 12.1. The summed E-state index contributed by atoms with van der Waals surface area (Å²) in [5.41, 5.74) is 6.18. The minimum absolute atomic E-state index is 0.0489. The van der Waals surface area contributed by atoms with Crippen molar-refractivity contribution in [3.05, 3.63) is 70.3 Å². The molecule has 0 saturated carbocycles. The van der Waals surface area contributed by atoms with E-state index in [1.807, 2.05) is 6.92 Å². The first-order chi connectivity index (χ1) is 10.5. The highest BCUT2D eigenvalue weighted by Gasteiger charge is 2.09. The fraction of sp³-hybridized carbons (Fsp3) is 0.350. The Labute approximate surface area is 133 Å². The molecule has 0 aliphatic carbocycles. The van der Waals surface area contributed by atoms with E-state index in [0.29, 0.717) is 6.42 Å². The first-order valence-corrected chi connectivity index (χ1v) is 7.88. The third-order valence-electron chi connectivity index (χ3n) is 4.17. The maximum atomic E-state index is 12.1. The number of aryl methyl sites for hydroxylation is 4. The van der Waals surface area contributed by atoms with E-state index in [4.69, 9.17) is 0 Å². The number of hydrogen-bond donors (Lipinski definition) is 1. The summed E-state index contributed by atoms with van der Waals surface area (Å²) in [4.78, 5) is 12.1. The Hall–Kier alpha value is -2.09. The van der Waals surface area contributed by atoms with Gasteiger partial charge in [0.2, 0.25) is 5.91 Å². The van der Waals surface area contributed by atoms with Crippen molar-refractivity contribution in [3.8, 4) is 0 Å². The topological polar surface area (TPSA) is 29.1 Å². The van der Waals surface area contributed by atoms with E-state index >= 15 is 0 Å². The van der Waals surface area contributed by atoms with Gasteiger partial charge in [0.05, 0.1) is 6.04 Å². The second kappa shape index (κ2) is 7.26. The van der Waals surface area contributed by atoms with Gasteiger partial charge in [0.1, 0.15) is 0 Å². The van der Waals surface area contributed by atoms with E-state index < -0.39 is 0 Å². The summed E-state index contributed by atoms with van der Waals surface area (Å²) in [6, 6.07) is 14.8. The molecule has 0 spiro atoms. The average Bonchev–Trinajstić information content (AvgIpc) is 2.49. The van der Waals surface area contributed by atoms with Gasteiger partial charge >= 0.3 is 0 Å². The number of carbonyl (C=O) groups is 1. The molecule has 2 rings (SSSR count). The van der Waals surface area contributed by atoms with Crippen LogP contribution in [0.2, 0.25) is 0 Å². The molecule has 1 amide bonds. The number of amides is 1. The Kier molecular flexibility index (Phi) is 5.37. The molecule has 116 valence electrons. The zero-order valence-electron chi connectivity index (χ0n) is 13.9. The second-order valence-corrected chi connectivity index (χ2v) is 6.12. The quantitative estimate of drug-likeness (QED) is 0.869. The highest BCUT2D eigenvalue weighted by molar-refractivity contribution is 5.76. The fourth-order valence-corrected chi connectivity index (χ4v) is 2.47. The van der Waals surface area contributed by atoms with Crippen LogP contribution in [-0.2, 0) is 11.2 Å². The third-order valence-corrected chi connectivity index (χ3v) is 4.17. The van der Waals surface area contributed by atoms with Crippen LogP contribution in [0, 0.1) is 20.8 Å². The Morgan fingerprint density at radius 1 is 1.00 bits per heavy atom. The molecule has 0 saturated heterocycles. The van der Waals surface area contributed by atoms with Crippen molar-refractivity contribution in [1.29, 1.82) is 0 Å². The largest absolute Gasteiger partial charge is 0.350 e. The summed E-state index contributed by atoms with van der Waals surface area (Å²) in [6.45, 7) is 8.31. The molecule has 2 aromatic carbocycles. The fourth-order valence-electron chi connectivity index (χ4n) is 2.47. The SMILES string of the molecule is Cc1ccc([C@H](C)NC(=O)CCc2ccc(C)c(C)c2)cc1. The van der Waals surface area contributed by atoms with E-state index in [9.17, 15) is 4.79 Å². The minimum Gasteiger partial charge on any atom is -0.350 e. The molecule has 0 bridgehead atoms. The van der Waals surface area contributed by atoms with E-state index in [-0.39, 0.29) is 11.9 Å². The normalized spacial score (nSPS) is 12.0. The van der Waals surface area contributed by atoms with Gasteiger partial charge in [-0.3, -0.25) is 4.79 Å². The van der Waals surface area contributed by atoms with Gasteiger partial charge in [0.15, 0.2) is 0 Å². The van der Waals surface area contributed by atoms with Crippen LogP contribution in [0.25, 0.3) is 0 Å². The lowest BCUT2D eigenvalue weighted by molar-refractivity contribution is -0.121. The van der Waals surface area contributed by atoms with Crippen molar-refractivity contribution in [1.82, 2.24) is 5.32 Å². The van der Waals surface area contributed by atoms with Crippen LogP contribution in [0.3, 0.4) is 0 Å². The molecule has 1 N–H and O–H groups in total. The van der Waals surface area contributed by atoms with Crippen molar-refractivity contribution in [3.63, 3.8) is 0 Å². The van der Waals surface area contributed by atoms with Crippen LogP contribution in [0.15, 0.2) is 42.5 Å². The molecule has 0 aromatic heterocycles. The lowest BCUT2D eigenvalue weighted by Crippen LogP contribution is -2.26. The highest BCUT2D eigenvalue weighted by atomic mass is 16.1. The first kappa shape index (κ1) is 16.3. The van der Waals surface area contributed by atoms with Crippen molar-refractivity contribution in [2.24, 2.45) is 0 Å². The molecule has 0 fully saturated rings. The van der Waals surface area contributed by atoms with Crippen LogP contribution < -0.4 is 5.32 Å². The van der Waals surface area contributed by atoms with Crippen LogP contribution in [0.1, 0.15) is 47.2 Å². The van der Waals surface area contributed by atoms with Gasteiger partial charge in [-0.05, 0) is 56.4 Å². The Morgan fingerprint density at radius 3 is 2.32 bits per heavy atom. The standard InChI is InChI=1S/C20H25NO/c1-14-5-10-19(11-6-14)17(4)21-20(22)12-9-18-8-7-15(2)16(3)13-18/h5-8,10-11,13,17H,9,12H2,1-4H3,(H,21,22)/t17-/m0/s1. The van der Waals surface area contributed by atoms with E-state index in [1.165, 1.54) is 22.3 Å². The molecule has 1 atom stereocenters. The molecule has 2 nitrogen and oxygen atoms in total. The van der Waals surface area contributed by atoms with Gasteiger partial charge < -0.3 is 5.32 Å². The number of benzene rings is 2. The summed E-state index contributed by atoms with van der Waals surface area (Å²) in [5, 5.41) is 3.07. The zero-order chi connectivity index (χ0) is 16.1. The van der Waals surface area contributed by atoms with Crippen LogP contribution in [-0.4, -0.2) is 5.91 Å². The van der Waals surface area contributed by atoms with Crippen LogP contribution >= 0.6 is 0 Å². The molecular formula is C20H25NO. The van der Waals surface area contributed by atoms with Crippen LogP contribution in [0.4, 0.5) is 0 Å². The molecule has 0 radical (unpaired) electrons. The van der Waals surface area contributed by atoms with Crippen molar-refractivity contribution in [2.75, 3.05) is 0 Å². The molecule has 22 heavy (non-hydrogen) atoms. The van der Waals surface area contributed by atoms with Crippen molar-refractivity contribution >= 4 is 5.91 Å². The lowest BCUT2D eigenvalue weighted by atomic mass is 10.0. The number of rotatable bonds is 5. The van der Waals surface area contributed by atoms with E-state index in [1.54, 1.807) is 0 Å². The van der Waals surface area contributed by atoms with Crippen molar-refractivity contribution < 1.29 is 4.79 Å². The molecule has 2 heteroatoms. The number of carbonyl (C=O) groups excluding carboxylic acids is 1. The van der Waals surface area contributed by atoms with E-state index in [2.05, 4.69) is 68.6 Å².